The van der Waals surface area contributed by atoms with Gasteiger partial charge in [0, 0.05) is 5.75 Å². The number of nitrogens with one attached hydrogen (secondary N) is 1. The van der Waals surface area contributed by atoms with Crippen molar-refractivity contribution in [1.29, 1.82) is 0 Å². The molecule has 1 aromatic heterocycles. The Morgan fingerprint density at radius 1 is 1.50 bits per heavy atom. The molecule has 1 heterocycles. The Kier molecular flexibility index (Phi) is 5.38. The normalized spacial score (nSPS) is 13.4. The van der Waals surface area contributed by atoms with Crippen LogP contribution in [0.5, 0.6) is 0 Å². The summed E-state index contributed by atoms with van der Waals surface area (Å²) in [5.74, 6) is -1.27. The van der Waals surface area contributed by atoms with E-state index in [0.717, 1.165) is 0 Å². The Labute approximate surface area is 122 Å². The van der Waals surface area contributed by atoms with Crippen LogP contribution in [0, 0.1) is 0 Å². The number of nitrogens with zero attached hydrogens (tertiary/aromatic N) is 1. The van der Waals surface area contributed by atoms with Crippen molar-refractivity contribution in [3.63, 3.8) is 0 Å². The number of carbonyl (C=O) groups excluding carboxylic acids is 1. The molecule has 1 rings (SSSR count). The van der Waals surface area contributed by atoms with Gasteiger partial charge in [0.1, 0.15) is 11.8 Å². The van der Waals surface area contributed by atoms with E-state index in [1.54, 1.807) is 6.07 Å². The maximum atomic E-state index is 11.8. The van der Waals surface area contributed by atoms with Crippen LogP contribution in [0.3, 0.4) is 0 Å². The minimum atomic E-state index is -1.14. The van der Waals surface area contributed by atoms with Crippen molar-refractivity contribution in [2.24, 2.45) is 4.99 Å². The summed E-state index contributed by atoms with van der Waals surface area (Å²) in [6.07, 6.45) is 1.53. The first-order chi connectivity index (χ1) is 9.23. The Hall–Kier alpha value is -1.76. The fourth-order valence-corrected chi connectivity index (χ4v) is 1.46. The summed E-state index contributed by atoms with van der Waals surface area (Å²) in [5.41, 5.74) is -0.240. The van der Waals surface area contributed by atoms with Crippen LogP contribution < -0.4 is 5.32 Å². The van der Waals surface area contributed by atoms with E-state index in [1.165, 1.54) is 12.3 Å². The number of aliphatic imine (C=N–C) groups is 1. The largest absolute Gasteiger partial charge is 0.480 e. The molecule has 0 aromatic carbocycles. The van der Waals surface area contributed by atoms with Crippen LogP contribution in [-0.4, -0.2) is 40.5 Å². The maximum absolute atomic E-state index is 11.8. The number of hydrogen-bond donors (Lipinski definition) is 3. The highest BCUT2D eigenvalue weighted by Crippen LogP contribution is 2.10. The smallest absolute Gasteiger partial charge is 0.327 e. The van der Waals surface area contributed by atoms with E-state index < -0.39 is 17.9 Å². The molecule has 20 heavy (non-hydrogen) atoms. The summed E-state index contributed by atoms with van der Waals surface area (Å²) in [6, 6.07) is 2.01. The zero-order valence-corrected chi connectivity index (χ0v) is 12.5. The van der Waals surface area contributed by atoms with Gasteiger partial charge in [-0.2, -0.15) is 12.6 Å². The first-order valence-electron chi connectivity index (χ1n) is 6.02. The van der Waals surface area contributed by atoms with Gasteiger partial charge >= 0.3 is 5.97 Å². The van der Waals surface area contributed by atoms with E-state index in [1.807, 2.05) is 20.8 Å². The predicted octanol–water partition coefficient (Wildman–Crippen LogP) is 1.61. The van der Waals surface area contributed by atoms with Gasteiger partial charge in [0.15, 0.2) is 5.76 Å². The van der Waals surface area contributed by atoms with Gasteiger partial charge < -0.3 is 14.8 Å². The molecule has 0 aliphatic carbocycles. The van der Waals surface area contributed by atoms with Gasteiger partial charge in [-0.3, -0.25) is 9.79 Å². The molecule has 0 aliphatic rings. The highest BCUT2D eigenvalue weighted by Gasteiger charge is 2.20. The lowest BCUT2D eigenvalue weighted by Crippen LogP contribution is -2.41. The second kappa shape index (κ2) is 6.60. The first kappa shape index (κ1) is 16.3. The van der Waals surface area contributed by atoms with Crippen LogP contribution in [0.1, 0.15) is 37.1 Å². The van der Waals surface area contributed by atoms with Crippen LogP contribution in [0.2, 0.25) is 0 Å². The molecule has 1 unspecified atom stereocenters. The third-order valence-corrected chi connectivity index (χ3v) is 2.58. The van der Waals surface area contributed by atoms with Gasteiger partial charge in [0.25, 0.3) is 5.91 Å². The SMILES string of the molecule is CC(C)(C)/N=C\c1ccc(C(=O)NC(CS)C(=O)O)o1. The first-order valence-corrected chi connectivity index (χ1v) is 6.66. The minimum Gasteiger partial charge on any atom is -0.480 e. The van der Waals surface area contributed by atoms with Crippen molar-refractivity contribution in [1.82, 2.24) is 5.32 Å². The summed E-state index contributed by atoms with van der Waals surface area (Å²) in [6.45, 7) is 5.80. The molecular formula is C13H18N2O4S. The average Bonchev–Trinajstić information content (AvgIpc) is 2.80. The van der Waals surface area contributed by atoms with Crippen LogP contribution in [0.25, 0.3) is 0 Å². The van der Waals surface area contributed by atoms with Crippen molar-refractivity contribution in [3.8, 4) is 0 Å². The number of carboxylic acids is 1. The van der Waals surface area contributed by atoms with E-state index in [4.69, 9.17) is 9.52 Å². The third-order valence-electron chi connectivity index (χ3n) is 2.22. The second-order valence-electron chi connectivity index (χ2n) is 5.18. The average molecular weight is 298 g/mol. The molecule has 0 fully saturated rings. The summed E-state index contributed by atoms with van der Waals surface area (Å²) >= 11 is 3.87. The molecule has 1 amide bonds. The fourth-order valence-electron chi connectivity index (χ4n) is 1.22. The Morgan fingerprint density at radius 3 is 2.65 bits per heavy atom. The van der Waals surface area contributed by atoms with Crippen molar-refractivity contribution in [3.05, 3.63) is 23.7 Å². The summed E-state index contributed by atoms with van der Waals surface area (Å²) in [4.78, 5) is 26.8. The molecule has 2 N–H and O–H groups in total. The van der Waals surface area contributed by atoms with E-state index >= 15 is 0 Å². The van der Waals surface area contributed by atoms with Gasteiger partial charge in [-0.25, -0.2) is 4.79 Å². The van der Waals surface area contributed by atoms with E-state index in [0.29, 0.717) is 5.76 Å². The van der Waals surface area contributed by atoms with Crippen LogP contribution in [0.4, 0.5) is 0 Å². The molecule has 1 aromatic rings. The molecule has 0 saturated carbocycles. The molecule has 0 bridgehead atoms. The van der Waals surface area contributed by atoms with Gasteiger partial charge in [0.05, 0.1) is 11.8 Å². The van der Waals surface area contributed by atoms with Gasteiger partial charge in [-0.1, -0.05) is 0 Å². The molecule has 0 aliphatic heterocycles. The van der Waals surface area contributed by atoms with E-state index in [2.05, 4.69) is 22.9 Å². The highest BCUT2D eigenvalue weighted by molar-refractivity contribution is 7.80. The molecule has 1 atom stereocenters. The molecular weight excluding hydrogens is 280 g/mol. The van der Waals surface area contributed by atoms with Crippen molar-refractivity contribution in [2.75, 3.05) is 5.75 Å². The minimum absolute atomic E-state index is 0.000121. The summed E-state index contributed by atoms with van der Waals surface area (Å²) < 4.78 is 5.29. The van der Waals surface area contributed by atoms with Crippen molar-refractivity contribution < 1.29 is 19.1 Å². The zero-order valence-electron chi connectivity index (χ0n) is 11.6. The zero-order chi connectivity index (χ0) is 15.3. The lowest BCUT2D eigenvalue weighted by atomic mass is 10.1. The van der Waals surface area contributed by atoms with Gasteiger partial charge in [-0.15, -0.1) is 0 Å². The molecule has 0 saturated heterocycles. The number of carboxylic acid groups (broad SMARTS) is 1. The number of carbonyl (C=O) groups is 2. The number of aliphatic carboxylic acids is 1. The fraction of sp³-hybridized carbons (Fsp3) is 0.462. The van der Waals surface area contributed by atoms with Crippen LogP contribution >= 0.6 is 12.6 Å². The molecule has 0 spiro atoms. The molecule has 6 nitrogen and oxygen atoms in total. The van der Waals surface area contributed by atoms with Gasteiger partial charge in [0.2, 0.25) is 0 Å². The number of furan rings is 1. The number of amides is 1. The van der Waals surface area contributed by atoms with Gasteiger partial charge in [-0.05, 0) is 32.9 Å². The monoisotopic (exact) mass is 298 g/mol. The van der Waals surface area contributed by atoms with Crippen LogP contribution in [-0.2, 0) is 4.79 Å². The molecule has 7 heteroatoms. The lowest BCUT2D eigenvalue weighted by Gasteiger charge is -2.10. The van der Waals surface area contributed by atoms with Crippen molar-refractivity contribution >= 4 is 30.7 Å². The predicted molar refractivity (Wildman–Crippen MR) is 78.8 cm³/mol. The van der Waals surface area contributed by atoms with Crippen LogP contribution in [0.15, 0.2) is 21.5 Å². The number of thiol groups is 1. The summed E-state index contributed by atoms with van der Waals surface area (Å²) in [7, 11) is 0. The highest BCUT2D eigenvalue weighted by atomic mass is 32.1. The number of hydrogen-bond acceptors (Lipinski definition) is 5. The lowest BCUT2D eigenvalue weighted by molar-refractivity contribution is -0.138. The molecule has 0 radical (unpaired) electrons. The third kappa shape index (κ3) is 5.08. The topological polar surface area (TPSA) is 91.9 Å². The molecule has 110 valence electrons. The number of rotatable bonds is 5. The Morgan fingerprint density at radius 2 is 2.15 bits per heavy atom. The maximum Gasteiger partial charge on any atom is 0.327 e. The Bertz CT molecular complexity index is 517. The summed E-state index contributed by atoms with van der Waals surface area (Å²) in [5, 5.41) is 11.1. The standard InChI is InChI=1S/C13H18N2O4S/c1-13(2,3)14-6-8-4-5-10(19-8)11(16)15-9(7-20)12(17)18/h4-6,9,20H,7H2,1-3H3,(H,15,16)(H,17,18)/b14-6-. The van der Waals surface area contributed by atoms with Crippen molar-refractivity contribution in [2.45, 2.75) is 32.4 Å². The van der Waals surface area contributed by atoms with E-state index in [-0.39, 0.29) is 17.1 Å². The Balaban J connectivity index is 2.74. The van der Waals surface area contributed by atoms with E-state index in [9.17, 15) is 9.59 Å². The second-order valence-corrected chi connectivity index (χ2v) is 5.54. The quantitative estimate of drug-likeness (QED) is 0.569.